The van der Waals surface area contributed by atoms with Gasteiger partial charge in [0.05, 0.1) is 9.71 Å². The Bertz CT molecular complexity index is 537. The zero-order valence-corrected chi connectivity index (χ0v) is 13.3. The summed E-state index contributed by atoms with van der Waals surface area (Å²) in [6.45, 7) is 9.59. The van der Waals surface area contributed by atoms with E-state index in [1.165, 1.54) is 5.56 Å². The van der Waals surface area contributed by atoms with Gasteiger partial charge in [0, 0.05) is 17.5 Å². The van der Waals surface area contributed by atoms with Crippen molar-refractivity contribution in [1.29, 1.82) is 0 Å². The fourth-order valence-corrected chi connectivity index (χ4v) is 4.59. The maximum absolute atomic E-state index is 13.0. The van der Waals surface area contributed by atoms with E-state index in [-0.39, 0.29) is 5.41 Å². The third-order valence-corrected chi connectivity index (χ3v) is 6.27. The molecule has 1 aliphatic heterocycles. The molecule has 3 heteroatoms. The number of hydrogen-bond donors (Lipinski definition) is 0. The summed E-state index contributed by atoms with van der Waals surface area (Å²) >= 11 is 0. The van der Waals surface area contributed by atoms with E-state index in [2.05, 4.69) is 50.0 Å². The highest BCUT2D eigenvalue weighted by atomic mass is 32.2. The number of benzene rings is 1. The topological polar surface area (TPSA) is 20.3 Å². The first-order valence-corrected chi connectivity index (χ1v) is 8.66. The van der Waals surface area contributed by atoms with Crippen LogP contribution in [0.3, 0.4) is 0 Å². The molecule has 0 N–H and O–H groups in total. The molecule has 1 aromatic rings. The van der Waals surface area contributed by atoms with Gasteiger partial charge in [0.2, 0.25) is 0 Å². The van der Waals surface area contributed by atoms with Gasteiger partial charge in [-0.2, -0.15) is 0 Å². The smallest absolute Gasteiger partial charge is 0.0560 e. The maximum Gasteiger partial charge on any atom is 0.0560 e. The standard InChI is InChI=1S/C16H25NOS/c1-13-7-6-12-17(13)19(5,18)15-10-8-14(9-11-15)16(2,3)4/h8-11,13H,5-7,12H2,1-4H3/t13-,19?/m1/s1. The van der Waals surface area contributed by atoms with Crippen LogP contribution >= 0.6 is 0 Å². The highest BCUT2D eigenvalue weighted by molar-refractivity contribution is 7.98. The van der Waals surface area contributed by atoms with E-state index in [1.54, 1.807) is 0 Å². The summed E-state index contributed by atoms with van der Waals surface area (Å²) in [6.07, 6.45) is 2.24. The van der Waals surface area contributed by atoms with Gasteiger partial charge in [-0.15, -0.1) is 0 Å². The van der Waals surface area contributed by atoms with Crippen LogP contribution < -0.4 is 0 Å². The van der Waals surface area contributed by atoms with Crippen LogP contribution in [0.4, 0.5) is 0 Å². The van der Waals surface area contributed by atoms with Gasteiger partial charge in [-0.05, 0) is 48.7 Å². The first-order valence-electron chi connectivity index (χ1n) is 6.97. The van der Waals surface area contributed by atoms with Crippen LogP contribution in [0.2, 0.25) is 0 Å². The zero-order chi connectivity index (χ0) is 14.3. The minimum absolute atomic E-state index is 0.127. The third kappa shape index (κ3) is 2.87. The zero-order valence-electron chi connectivity index (χ0n) is 12.5. The largest absolute Gasteiger partial charge is 0.248 e. The average Bonchev–Trinajstić information content (AvgIpc) is 2.75. The van der Waals surface area contributed by atoms with Crippen molar-refractivity contribution in [3.63, 3.8) is 0 Å². The molecule has 1 aliphatic rings. The van der Waals surface area contributed by atoms with Crippen molar-refractivity contribution in [3.05, 3.63) is 29.8 Å². The predicted molar refractivity (Wildman–Crippen MR) is 84.1 cm³/mol. The Morgan fingerprint density at radius 3 is 2.26 bits per heavy atom. The van der Waals surface area contributed by atoms with Gasteiger partial charge in [0.1, 0.15) is 0 Å². The van der Waals surface area contributed by atoms with Crippen molar-refractivity contribution in [3.8, 4) is 0 Å². The van der Waals surface area contributed by atoms with Crippen LogP contribution in [0, 0.1) is 0 Å². The fourth-order valence-electron chi connectivity index (χ4n) is 2.65. The lowest BCUT2D eigenvalue weighted by molar-refractivity contribution is 0.439. The SMILES string of the molecule is C=S(=O)(c1ccc(C(C)(C)C)cc1)N1CCC[C@H]1C. The minimum Gasteiger partial charge on any atom is -0.248 e. The minimum atomic E-state index is -2.32. The molecule has 0 bridgehead atoms. The van der Waals surface area contributed by atoms with Gasteiger partial charge in [-0.1, -0.05) is 32.9 Å². The lowest BCUT2D eigenvalue weighted by Crippen LogP contribution is -2.33. The van der Waals surface area contributed by atoms with E-state index in [0.717, 1.165) is 24.3 Å². The van der Waals surface area contributed by atoms with E-state index < -0.39 is 9.71 Å². The number of rotatable bonds is 2. The maximum atomic E-state index is 13.0. The van der Waals surface area contributed by atoms with Crippen LogP contribution in [0.15, 0.2) is 29.2 Å². The molecule has 1 unspecified atom stereocenters. The van der Waals surface area contributed by atoms with Crippen LogP contribution in [-0.4, -0.2) is 27.0 Å². The van der Waals surface area contributed by atoms with Crippen molar-refractivity contribution in [1.82, 2.24) is 4.31 Å². The summed E-state index contributed by atoms with van der Waals surface area (Å²) < 4.78 is 15.0. The van der Waals surface area contributed by atoms with E-state index in [0.29, 0.717) is 6.04 Å². The molecular weight excluding hydrogens is 254 g/mol. The Morgan fingerprint density at radius 2 is 1.84 bits per heavy atom. The molecule has 0 aromatic heterocycles. The molecule has 1 fully saturated rings. The normalized spacial score (nSPS) is 24.3. The molecule has 0 spiro atoms. The molecule has 1 heterocycles. The van der Waals surface area contributed by atoms with Crippen molar-refractivity contribution in [2.45, 2.75) is 56.9 Å². The second kappa shape index (κ2) is 4.95. The Labute approximate surface area is 118 Å². The summed E-state index contributed by atoms with van der Waals surface area (Å²) in [6, 6.07) is 8.51. The Balaban J connectivity index is 2.32. The van der Waals surface area contributed by atoms with Crippen LogP contribution in [0.5, 0.6) is 0 Å². The Morgan fingerprint density at radius 1 is 1.26 bits per heavy atom. The molecule has 0 saturated carbocycles. The van der Waals surface area contributed by atoms with Gasteiger partial charge in [-0.25, -0.2) is 8.51 Å². The molecule has 0 aliphatic carbocycles. The molecule has 106 valence electrons. The van der Waals surface area contributed by atoms with Gasteiger partial charge in [0.25, 0.3) is 0 Å². The Hall–Kier alpha value is -0.800. The number of nitrogens with zero attached hydrogens (tertiary/aromatic N) is 1. The third-order valence-electron chi connectivity index (χ3n) is 3.96. The van der Waals surface area contributed by atoms with Gasteiger partial charge < -0.3 is 0 Å². The summed E-state index contributed by atoms with van der Waals surface area (Å²) in [7, 11) is -2.32. The fraction of sp³-hybridized carbons (Fsp3) is 0.562. The predicted octanol–water partition coefficient (Wildman–Crippen LogP) is 3.46. The highest BCUT2D eigenvalue weighted by Gasteiger charge is 2.28. The first-order chi connectivity index (χ1) is 8.73. The lowest BCUT2D eigenvalue weighted by atomic mass is 9.87. The second-order valence-electron chi connectivity index (χ2n) is 6.55. The molecule has 2 atom stereocenters. The van der Waals surface area contributed by atoms with Gasteiger partial charge >= 0.3 is 0 Å². The van der Waals surface area contributed by atoms with Crippen LogP contribution in [0.1, 0.15) is 46.1 Å². The number of hydrogen-bond acceptors (Lipinski definition) is 1. The second-order valence-corrected chi connectivity index (χ2v) is 8.77. The molecule has 2 rings (SSSR count). The lowest BCUT2D eigenvalue weighted by Gasteiger charge is -2.26. The average molecular weight is 279 g/mol. The molecule has 19 heavy (non-hydrogen) atoms. The molecule has 1 saturated heterocycles. The summed E-state index contributed by atoms with van der Waals surface area (Å²) in [5.74, 6) is 4.02. The van der Waals surface area contributed by atoms with E-state index in [1.807, 2.05) is 12.1 Å². The van der Waals surface area contributed by atoms with Crippen molar-refractivity contribution in [2.24, 2.45) is 0 Å². The Kier molecular flexibility index (Phi) is 3.80. The first kappa shape index (κ1) is 14.6. The summed E-state index contributed by atoms with van der Waals surface area (Å²) in [5.41, 5.74) is 1.39. The van der Waals surface area contributed by atoms with Crippen LogP contribution in [-0.2, 0) is 15.1 Å². The van der Waals surface area contributed by atoms with Crippen LogP contribution in [0.25, 0.3) is 0 Å². The summed E-state index contributed by atoms with van der Waals surface area (Å²) in [4.78, 5) is 0.856. The molecule has 0 amide bonds. The quantitative estimate of drug-likeness (QED) is 0.759. The molecule has 2 nitrogen and oxygen atoms in total. The van der Waals surface area contributed by atoms with E-state index >= 15 is 0 Å². The molecule has 1 aromatic carbocycles. The highest BCUT2D eigenvalue weighted by Crippen LogP contribution is 2.28. The van der Waals surface area contributed by atoms with Crippen molar-refractivity contribution < 1.29 is 4.21 Å². The van der Waals surface area contributed by atoms with Crippen molar-refractivity contribution >= 4 is 15.6 Å². The van der Waals surface area contributed by atoms with E-state index in [9.17, 15) is 4.21 Å². The summed E-state index contributed by atoms with van der Waals surface area (Å²) in [5, 5.41) is 0. The molecule has 0 radical (unpaired) electrons. The van der Waals surface area contributed by atoms with Crippen molar-refractivity contribution in [2.75, 3.05) is 6.54 Å². The molecular formula is C16H25NOS. The van der Waals surface area contributed by atoms with E-state index in [4.69, 9.17) is 0 Å². The van der Waals surface area contributed by atoms with Gasteiger partial charge in [0.15, 0.2) is 0 Å². The van der Waals surface area contributed by atoms with Gasteiger partial charge in [-0.3, -0.25) is 0 Å². The monoisotopic (exact) mass is 279 g/mol.